The second-order valence-corrected chi connectivity index (χ2v) is 5.73. The van der Waals surface area contributed by atoms with Crippen LogP contribution < -0.4 is 0 Å². The second-order valence-electron chi connectivity index (χ2n) is 5.73. The lowest BCUT2D eigenvalue weighted by atomic mass is 9.88. The van der Waals surface area contributed by atoms with Crippen LogP contribution in [0, 0.1) is 11.3 Å². The number of hydrogen-bond donors (Lipinski definition) is 0. The molecule has 102 valence electrons. The van der Waals surface area contributed by atoms with Crippen LogP contribution in [0.15, 0.2) is 30.3 Å². The Kier molecular flexibility index (Phi) is 4.24. The number of ether oxygens (including phenoxy) is 2. The van der Waals surface area contributed by atoms with Crippen LogP contribution in [0.4, 0.5) is 0 Å². The van der Waals surface area contributed by atoms with Gasteiger partial charge in [-0.2, -0.15) is 5.26 Å². The first-order chi connectivity index (χ1) is 9.05. The molecule has 0 saturated carbocycles. The second kappa shape index (κ2) is 5.73. The quantitative estimate of drug-likeness (QED) is 0.831. The Morgan fingerprint density at radius 2 is 2.00 bits per heavy atom. The Morgan fingerprint density at radius 3 is 2.68 bits per heavy atom. The summed E-state index contributed by atoms with van der Waals surface area (Å²) in [7, 11) is 0. The smallest absolute Gasteiger partial charge is 0.152 e. The Labute approximate surface area is 115 Å². The summed E-state index contributed by atoms with van der Waals surface area (Å²) >= 11 is 0. The molecule has 1 fully saturated rings. The van der Waals surface area contributed by atoms with Crippen molar-refractivity contribution in [2.75, 3.05) is 6.61 Å². The average Bonchev–Trinajstić information content (AvgIpc) is 2.39. The molecule has 0 aliphatic carbocycles. The van der Waals surface area contributed by atoms with Crippen LogP contribution in [0.1, 0.15) is 38.7 Å². The van der Waals surface area contributed by atoms with Gasteiger partial charge in [0.1, 0.15) is 0 Å². The van der Waals surface area contributed by atoms with E-state index in [-0.39, 0.29) is 5.60 Å². The van der Waals surface area contributed by atoms with Gasteiger partial charge >= 0.3 is 0 Å². The van der Waals surface area contributed by atoms with E-state index in [4.69, 9.17) is 9.47 Å². The predicted molar refractivity (Wildman–Crippen MR) is 73.5 cm³/mol. The van der Waals surface area contributed by atoms with Crippen molar-refractivity contribution in [3.05, 3.63) is 35.9 Å². The molecule has 0 amide bonds. The lowest BCUT2D eigenvalue weighted by Gasteiger charge is -2.41. The molecule has 0 spiro atoms. The van der Waals surface area contributed by atoms with Crippen molar-refractivity contribution >= 4 is 0 Å². The molecule has 0 aromatic heterocycles. The molecule has 1 aliphatic rings. The summed E-state index contributed by atoms with van der Waals surface area (Å²) in [4.78, 5) is 0. The van der Waals surface area contributed by atoms with E-state index in [1.165, 1.54) is 0 Å². The molecule has 2 unspecified atom stereocenters. The standard InChI is InChI=1S/C16H21NO2/c1-15(12-17)9-6-10-16(2,19-15)13-18-11-14-7-4-3-5-8-14/h3-5,7-8H,6,9-11,13H2,1-2H3. The summed E-state index contributed by atoms with van der Waals surface area (Å²) in [5, 5.41) is 9.17. The van der Waals surface area contributed by atoms with Crippen LogP contribution in [0.2, 0.25) is 0 Å². The van der Waals surface area contributed by atoms with Crippen LogP contribution in [0.25, 0.3) is 0 Å². The highest BCUT2D eigenvalue weighted by molar-refractivity contribution is 5.13. The molecule has 0 radical (unpaired) electrons. The van der Waals surface area contributed by atoms with Crippen LogP contribution in [0.5, 0.6) is 0 Å². The van der Waals surface area contributed by atoms with Gasteiger partial charge in [0.25, 0.3) is 0 Å². The highest BCUT2D eigenvalue weighted by Crippen LogP contribution is 2.35. The largest absolute Gasteiger partial charge is 0.374 e. The van der Waals surface area contributed by atoms with E-state index in [1.807, 2.05) is 44.2 Å². The van der Waals surface area contributed by atoms with Crippen LogP contribution in [-0.4, -0.2) is 17.8 Å². The third-order valence-electron chi connectivity index (χ3n) is 3.59. The molecule has 1 aromatic carbocycles. The fourth-order valence-corrected chi connectivity index (χ4v) is 2.58. The van der Waals surface area contributed by atoms with Gasteiger partial charge in [0.2, 0.25) is 0 Å². The molecule has 1 aromatic rings. The van der Waals surface area contributed by atoms with E-state index in [9.17, 15) is 5.26 Å². The van der Waals surface area contributed by atoms with E-state index in [0.717, 1.165) is 24.8 Å². The monoisotopic (exact) mass is 259 g/mol. The van der Waals surface area contributed by atoms with Crippen molar-refractivity contribution in [3.8, 4) is 6.07 Å². The minimum absolute atomic E-state index is 0.350. The zero-order valence-corrected chi connectivity index (χ0v) is 11.7. The lowest BCUT2D eigenvalue weighted by Crippen LogP contribution is -2.47. The zero-order chi connectivity index (χ0) is 13.8. The normalized spacial score (nSPS) is 30.8. The average molecular weight is 259 g/mol. The highest BCUT2D eigenvalue weighted by atomic mass is 16.6. The third kappa shape index (κ3) is 3.79. The Morgan fingerprint density at radius 1 is 1.26 bits per heavy atom. The number of benzene rings is 1. The van der Waals surface area contributed by atoms with E-state index < -0.39 is 5.60 Å². The molecule has 1 saturated heterocycles. The maximum Gasteiger partial charge on any atom is 0.152 e. The van der Waals surface area contributed by atoms with Crippen LogP contribution >= 0.6 is 0 Å². The molecule has 19 heavy (non-hydrogen) atoms. The van der Waals surface area contributed by atoms with Gasteiger partial charge in [-0.25, -0.2) is 0 Å². The number of nitriles is 1. The van der Waals surface area contributed by atoms with E-state index >= 15 is 0 Å². The van der Waals surface area contributed by atoms with Gasteiger partial charge < -0.3 is 9.47 Å². The van der Waals surface area contributed by atoms with Gasteiger partial charge in [-0.1, -0.05) is 30.3 Å². The molecule has 3 nitrogen and oxygen atoms in total. The summed E-state index contributed by atoms with van der Waals surface area (Å²) in [6, 6.07) is 12.4. The minimum Gasteiger partial charge on any atom is -0.374 e. The third-order valence-corrected chi connectivity index (χ3v) is 3.59. The molecule has 2 rings (SSSR count). The Hall–Kier alpha value is -1.37. The SMILES string of the molecule is CC1(C#N)CCCC(C)(COCc2ccccc2)O1. The van der Waals surface area contributed by atoms with Crippen molar-refractivity contribution in [2.45, 2.75) is 50.9 Å². The van der Waals surface area contributed by atoms with Gasteiger partial charge in [-0.15, -0.1) is 0 Å². The molecular weight excluding hydrogens is 238 g/mol. The topological polar surface area (TPSA) is 42.2 Å². The van der Waals surface area contributed by atoms with Crippen molar-refractivity contribution in [1.82, 2.24) is 0 Å². The first-order valence-electron chi connectivity index (χ1n) is 6.78. The first-order valence-corrected chi connectivity index (χ1v) is 6.78. The predicted octanol–water partition coefficient (Wildman–Crippen LogP) is 3.44. The molecule has 0 bridgehead atoms. The van der Waals surface area contributed by atoms with Gasteiger partial charge in [-0.3, -0.25) is 0 Å². The number of hydrogen-bond acceptors (Lipinski definition) is 3. The van der Waals surface area contributed by atoms with Crippen molar-refractivity contribution in [2.24, 2.45) is 0 Å². The highest BCUT2D eigenvalue weighted by Gasteiger charge is 2.40. The summed E-state index contributed by atoms with van der Waals surface area (Å²) in [5.41, 5.74) is 0.144. The molecule has 1 aliphatic heterocycles. The lowest BCUT2D eigenvalue weighted by molar-refractivity contribution is -0.175. The fourth-order valence-electron chi connectivity index (χ4n) is 2.58. The summed E-state index contributed by atoms with van der Waals surface area (Å²) in [5.74, 6) is 0. The van der Waals surface area contributed by atoms with Gasteiger partial charge in [0.15, 0.2) is 5.60 Å². The molecule has 2 atom stereocenters. The first kappa shape index (κ1) is 14.0. The van der Waals surface area contributed by atoms with E-state index in [0.29, 0.717) is 13.2 Å². The van der Waals surface area contributed by atoms with Crippen molar-refractivity contribution in [3.63, 3.8) is 0 Å². The fraction of sp³-hybridized carbons (Fsp3) is 0.562. The summed E-state index contributed by atoms with van der Waals surface area (Å²) in [6.07, 6.45) is 2.76. The zero-order valence-electron chi connectivity index (χ0n) is 11.7. The Bertz CT molecular complexity index is 454. The number of rotatable bonds is 4. The summed E-state index contributed by atoms with van der Waals surface area (Å²) in [6.45, 7) is 5.01. The van der Waals surface area contributed by atoms with Crippen LogP contribution in [-0.2, 0) is 16.1 Å². The van der Waals surface area contributed by atoms with Gasteiger partial charge in [0, 0.05) is 0 Å². The maximum absolute atomic E-state index is 9.17. The molecule has 3 heteroatoms. The van der Waals surface area contributed by atoms with E-state index in [2.05, 4.69) is 6.07 Å². The molecule has 0 N–H and O–H groups in total. The number of nitrogens with zero attached hydrogens (tertiary/aromatic N) is 1. The minimum atomic E-state index is -0.664. The van der Waals surface area contributed by atoms with Crippen molar-refractivity contribution < 1.29 is 9.47 Å². The van der Waals surface area contributed by atoms with E-state index in [1.54, 1.807) is 0 Å². The summed E-state index contributed by atoms with van der Waals surface area (Å²) < 4.78 is 11.7. The van der Waals surface area contributed by atoms with Gasteiger partial charge in [-0.05, 0) is 38.7 Å². The molecular formula is C16H21NO2. The van der Waals surface area contributed by atoms with Gasteiger partial charge in [0.05, 0.1) is 24.9 Å². The van der Waals surface area contributed by atoms with Crippen molar-refractivity contribution in [1.29, 1.82) is 5.26 Å². The Balaban J connectivity index is 1.86. The maximum atomic E-state index is 9.17. The van der Waals surface area contributed by atoms with Crippen LogP contribution in [0.3, 0.4) is 0 Å². The molecule has 1 heterocycles.